The molecule has 0 N–H and O–H groups in total. The molecule has 3 heterocycles. The van der Waals surface area contributed by atoms with E-state index in [0.717, 1.165) is 35.9 Å². The second-order valence-electron chi connectivity index (χ2n) is 6.88. The van der Waals surface area contributed by atoms with E-state index in [4.69, 9.17) is 0 Å². The van der Waals surface area contributed by atoms with E-state index in [1.165, 1.54) is 0 Å². The number of hydrogen-bond acceptors (Lipinski definition) is 3. The summed E-state index contributed by atoms with van der Waals surface area (Å²) in [6, 6.07) is 12.1. The van der Waals surface area contributed by atoms with Gasteiger partial charge in [-0.25, -0.2) is 0 Å². The van der Waals surface area contributed by atoms with Gasteiger partial charge >= 0.3 is 0 Å². The quantitative estimate of drug-likeness (QED) is 0.731. The van der Waals surface area contributed by atoms with Crippen molar-refractivity contribution in [2.75, 3.05) is 13.1 Å². The number of nitriles is 1. The van der Waals surface area contributed by atoms with Crippen molar-refractivity contribution in [2.45, 2.75) is 32.4 Å². The van der Waals surface area contributed by atoms with Crippen LogP contribution in [0.4, 0.5) is 0 Å². The molecule has 1 saturated heterocycles. The number of hydrogen-bond donors (Lipinski definition) is 0. The predicted molar refractivity (Wildman–Crippen MR) is 98.7 cm³/mol. The van der Waals surface area contributed by atoms with Crippen LogP contribution in [0.5, 0.6) is 0 Å². The number of aromatic nitrogens is 3. The minimum absolute atomic E-state index is 0.00923. The van der Waals surface area contributed by atoms with Crippen LogP contribution >= 0.6 is 0 Å². The Hall–Kier alpha value is -3.07. The third-order valence-electron chi connectivity index (χ3n) is 5.05. The van der Waals surface area contributed by atoms with Gasteiger partial charge in [-0.2, -0.15) is 10.4 Å². The molecule has 1 aliphatic heterocycles. The maximum atomic E-state index is 13.2. The molecule has 2 aromatic heterocycles. The molecule has 0 unspecified atom stereocenters. The summed E-state index contributed by atoms with van der Waals surface area (Å²) in [6.07, 6.45) is 5.86. The molecule has 1 atom stereocenters. The number of likely N-dealkylation sites (tertiary alicyclic amines) is 1. The van der Waals surface area contributed by atoms with E-state index in [-0.39, 0.29) is 18.5 Å². The first-order valence-corrected chi connectivity index (χ1v) is 8.92. The molecule has 6 nitrogen and oxygen atoms in total. The lowest BCUT2D eigenvalue weighted by Crippen LogP contribution is -2.41. The summed E-state index contributed by atoms with van der Waals surface area (Å²) in [6.45, 7) is 3.58. The Balaban J connectivity index is 1.64. The van der Waals surface area contributed by atoms with Crippen LogP contribution in [0.15, 0.2) is 42.7 Å². The minimum atomic E-state index is -0.00923. The first-order valence-electron chi connectivity index (χ1n) is 8.92. The summed E-state index contributed by atoms with van der Waals surface area (Å²) in [5.41, 5.74) is 2.64. The van der Waals surface area contributed by atoms with Crippen LogP contribution in [0.2, 0.25) is 0 Å². The van der Waals surface area contributed by atoms with Crippen molar-refractivity contribution in [2.24, 2.45) is 0 Å². The molecule has 3 aromatic rings. The number of nitrogens with zero attached hydrogens (tertiary/aromatic N) is 5. The van der Waals surface area contributed by atoms with Gasteiger partial charge < -0.3 is 9.47 Å². The van der Waals surface area contributed by atoms with Crippen molar-refractivity contribution in [3.63, 3.8) is 0 Å². The number of piperidine rings is 1. The van der Waals surface area contributed by atoms with Crippen LogP contribution in [0.1, 0.15) is 34.9 Å². The van der Waals surface area contributed by atoms with Crippen LogP contribution < -0.4 is 0 Å². The number of carbonyl (C=O) groups excluding carboxylic acids is 1. The van der Waals surface area contributed by atoms with Gasteiger partial charge in [-0.15, -0.1) is 0 Å². The van der Waals surface area contributed by atoms with Crippen molar-refractivity contribution in [1.82, 2.24) is 19.2 Å². The Morgan fingerprint density at radius 2 is 2.23 bits per heavy atom. The topological polar surface area (TPSA) is 66.8 Å². The van der Waals surface area contributed by atoms with Crippen LogP contribution in [-0.2, 0) is 6.54 Å². The second-order valence-corrected chi connectivity index (χ2v) is 6.88. The summed E-state index contributed by atoms with van der Waals surface area (Å²) < 4.78 is 3.79. The summed E-state index contributed by atoms with van der Waals surface area (Å²) in [5.74, 6) is -0.00923. The van der Waals surface area contributed by atoms with Crippen LogP contribution in [0.25, 0.3) is 10.9 Å². The number of fused-ring (bicyclic) bond motifs is 1. The Labute approximate surface area is 152 Å². The van der Waals surface area contributed by atoms with E-state index in [2.05, 4.69) is 11.2 Å². The van der Waals surface area contributed by atoms with Crippen molar-refractivity contribution in [3.8, 4) is 6.07 Å². The SMILES string of the molecule is Cc1cnn([C@H]2CCCN(C(=O)c3cc4ccccc4n3CC#N)C2)c1. The zero-order chi connectivity index (χ0) is 18.1. The number of amides is 1. The van der Waals surface area contributed by atoms with Gasteiger partial charge in [0.25, 0.3) is 5.91 Å². The maximum absolute atomic E-state index is 13.2. The van der Waals surface area contributed by atoms with E-state index in [1.54, 1.807) is 0 Å². The summed E-state index contributed by atoms with van der Waals surface area (Å²) in [4.78, 5) is 15.1. The molecule has 0 radical (unpaired) electrons. The Kier molecular flexibility index (Phi) is 4.21. The Morgan fingerprint density at radius 1 is 1.38 bits per heavy atom. The van der Waals surface area contributed by atoms with Crippen LogP contribution in [0.3, 0.4) is 0 Å². The Morgan fingerprint density at radius 3 is 3.00 bits per heavy atom. The molecule has 1 fully saturated rings. The summed E-state index contributed by atoms with van der Waals surface area (Å²) in [7, 11) is 0. The Bertz CT molecular complexity index is 993. The molecule has 132 valence electrons. The molecule has 0 spiro atoms. The van der Waals surface area contributed by atoms with Gasteiger partial charge in [-0.3, -0.25) is 9.48 Å². The monoisotopic (exact) mass is 347 g/mol. The van der Waals surface area contributed by atoms with Gasteiger partial charge in [-0.1, -0.05) is 18.2 Å². The number of aryl methyl sites for hydroxylation is 1. The molecule has 1 aliphatic rings. The number of rotatable bonds is 3. The fourth-order valence-electron chi connectivity index (χ4n) is 3.78. The third kappa shape index (κ3) is 2.86. The van der Waals surface area contributed by atoms with Gasteiger partial charge in [0.2, 0.25) is 0 Å². The zero-order valence-electron chi connectivity index (χ0n) is 14.8. The smallest absolute Gasteiger partial charge is 0.270 e. The number of para-hydroxylation sites is 1. The fraction of sp³-hybridized carbons (Fsp3) is 0.350. The van der Waals surface area contributed by atoms with Crippen LogP contribution in [-0.4, -0.2) is 38.2 Å². The second kappa shape index (κ2) is 6.68. The van der Waals surface area contributed by atoms with E-state index in [9.17, 15) is 10.1 Å². The highest BCUT2D eigenvalue weighted by Gasteiger charge is 2.28. The number of benzene rings is 1. The van der Waals surface area contributed by atoms with E-state index >= 15 is 0 Å². The summed E-state index contributed by atoms with van der Waals surface area (Å²) >= 11 is 0. The van der Waals surface area contributed by atoms with Gasteiger partial charge in [0.1, 0.15) is 12.2 Å². The molecule has 0 aliphatic carbocycles. The molecule has 6 heteroatoms. The predicted octanol–water partition coefficient (Wildman–Crippen LogP) is 3.15. The lowest BCUT2D eigenvalue weighted by molar-refractivity contribution is 0.0663. The number of carbonyl (C=O) groups is 1. The van der Waals surface area contributed by atoms with E-state index in [1.807, 2.05) is 63.8 Å². The highest BCUT2D eigenvalue weighted by molar-refractivity contribution is 5.98. The molecule has 26 heavy (non-hydrogen) atoms. The van der Waals surface area contributed by atoms with Crippen molar-refractivity contribution in [1.29, 1.82) is 5.26 Å². The normalized spacial score (nSPS) is 17.4. The highest BCUT2D eigenvalue weighted by Crippen LogP contribution is 2.25. The summed E-state index contributed by atoms with van der Waals surface area (Å²) in [5, 5.41) is 14.6. The van der Waals surface area contributed by atoms with Gasteiger partial charge in [0.15, 0.2) is 0 Å². The first-order chi connectivity index (χ1) is 12.7. The van der Waals surface area contributed by atoms with Crippen molar-refractivity contribution >= 4 is 16.8 Å². The molecule has 1 aromatic carbocycles. The largest absolute Gasteiger partial charge is 0.335 e. The molecular formula is C20H21N5O. The average molecular weight is 347 g/mol. The van der Waals surface area contributed by atoms with Crippen molar-refractivity contribution < 1.29 is 4.79 Å². The third-order valence-corrected chi connectivity index (χ3v) is 5.05. The minimum Gasteiger partial charge on any atom is -0.335 e. The molecular weight excluding hydrogens is 326 g/mol. The van der Waals surface area contributed by atoms with Gasteiger partial charge in [0.05, 0.1) is 18.3 Å². The maximum Gasteiger partial charge on any atom is 0.270 e. The lowest BCUT2D eigenvalue weighted by atomic mass is 10.1. The van der Waals surface area contributed by atoms with E-state index in [0.29, 0.717) is 12.2 Å². The molecule has 0 saturated carbocycles. The highest BCUT2D eigenvalue weighted by atomic mass is 16.2. The standard InChI is InChI=1S/C20H21N5O/c1-15-12-22-25(13-15)17-6-4-9-23(14-17)20(26)19-11-16-5-2-3-7-18(16)24(19)10-8-21/h2-3,5,7,11-13,17H,4,6,9-10,14H2,1H3/t17-/m0/s1. The average Bonchev–Trinajstić information content (AvgIpc) is 3.26. The van der Waals surface area contributed by atoms with Gasteiger partial charge in [-0.05, 0) is 37.5 Å². The van der Waals surface area contributed by atoms with Crippen LogP contribution in [0, 0.1) is 18.3 Å². The molecule has 4 rings (SSSR count). The molecule has 0 bridgehead atoms. The fourth-order valence-corrected chi connectivity index (χ4v) is 3.78. The van der Waals surface area contributed by atoms with Crippen molar-refractivity contribution in [3.05, 3.63) is 54.0 Å². The van der Waals surface area contributed by atoms with E-state index < -0.39 is 0 Å². The zero-order valence-corrected chi connectivity index (χ0v) is 14.8. The molecule has 1 amide bonds. The lowest BCUT2D eigenvalue weighted by Gasteiger charge is -2.33. The van der Waals surface area contributed by atoms with Gasteiger partial charge in [0, 0.05) is 30.2 Å². The first kappa shape index (κ1) is 16.4.